The van der Waals surface area contributed by atoms with E-state index in [9.17, 15) is 0 Å². The quantitative estimate of drug-likeness (QED) is 0.163. The Morgan fingerprint density at radius 2 is 1.34 bits per heavy atom. The molecule has 0 N–H and O–H groups in total. The van der Waals surface area contributed by atoms with Crippen molar-refractivity contribution in [3.05, 3.63) is 143 Å². The molecule has 7 rings (SSSR count). The summed E-state index contributed by atoms with van der Waals surface area (Å²) in [6, 6.07) is 39.2. The molecule has 0 saturated carbocycles. The minimum Gasteiger partial charge on any atom is -0.305 e. The van der Waals surface area contributed by atoms with Gasteiger partial charge in [-0.2, -0.15) is 0 Å². The predicted molar refractivity (Wildman–Crippen MR) is 194 cm³/mol. The van der Waals surface area contributed by atoms with Crippen molar-refractivity contribution in [1.29, 1.82) is 0 Å². The Labute approximate surface area is 295 Å². The summed E-state index contributed by atoms with van der Waals surface area (Å²) in [5.41, 5.74) is 13.6. The second kappa shape index (κ2) is 12.9. The van der Waals surface area contributed by atoms with Crippen LogP contribution < -0.4 is 0 Å². The fourth-order valence-electron chi connectivity index (χ4n) is 6.41. The van der Waals surface area contributed by atoms with Crippen LogP contribution in [0.4, 0.5) is 0 Å². The van der Waals surface area contributed by atoms with Gasteiger partial charge in [-0.25, -0.2) is 0 Å². The van der Waals surface area contributed by atoms with E-state index in [2.05, 4.69) is 169 Å². The van der Waals surface area contributed by atoms with Crippen LogP contribution in [0.1, 0.15) is 83.2 Å². The molecule has 4 aromatic carbocycles. The zero-order valence-electron chi connectivity index (χ0n) is 29.0. The molecular formula is C44H44IrN2-2. The Morgan fingerprint density at radius 1 is 0.638 bits per heavy atom. The Balaban J connectivity index is 0.000000188. The average molecular weight is 793 g/mol. The zero-order chi connectivity index (χ0) is 32.9. The monoisotopic (exact) mass is 793 g/mol. The van der Waals surface area contributed by atoms with Crippen LogP contribution in [0.5, 0.6) is 0 Å². The molecule has 241 valence electrons. The standard InChI is InChI=1S/C25H20N.C19H24N.Ir/c1-16-12-13-26-23(14-16)18-9-11-22-21(15-18)20-10-8-17-6-4-5-7-19(17)24(20)25(22,2)3;1-18(2,3)15-9-7-14(8-10-15)17-12-11-16(13-20-17)19(4,5)6;/h4-8,10-15H,1-3H3;7,9-13H,1-6H3;/q2*-1;. The molecule has 47 heavy (non-hydrogen) atoms. The van der Waals surface area contributed by atoms with Crippen molar-refractivity contribution in [3.63, 3.8) is 0 Å². The topological polar surface area (TPSA) is 25.8 Å². The number of hydrogen-bond acceptors (Lipinski definition) is 2. The normalized spacial score (nSPS) is 13.2. The molecule has 0 fully saturated rings. The third-order valence-corrected chi connectivity index (χ3v) is 9.24. The SMILES string of the molecule is CC(C)(C)c1c[c-]c(-c2ccc(C(C)(C)C)cn2)cc1.Cc1ccnc(-c2[c-]cc3c(c2)-c2ccc4ccccc4c2C3(C)C)c1.[Ir]. The summed E-state index contributed by atoms with van der Waals surface area (Å²) in [5, 5.41) is 2.65. The first-order valence-corrected chi connectivity index (χ1v) is 16.2. The first kappa shape index (κ1) is 34.4. The molecule has 2 heterocycles. The first-order chi connectivity index (χ1) is 21.7. The average Bonchev–Trinajstić information content (AvgIpc) is 3.27. The van der Waals surface area contributed by atoms with Gasteiger partial charge in [0, 0.05) is 32.5 Å². The van der Waals surface area contributed by atoms with Crippen molar-refractivity contribution >= 4 is 10.8 Å². The van der Waals surface area contributed by atoms with Crippen molar-refractivity contribution in [3.8, 4) is 33.6 Å². The maximum atomic E-state index is 4.58. The molecule has 1 aliphatic rings. The molecule has 0 aliphatic heterocycles. The van der Waals surface area contributed by atoms with Crippen LogP contribution in [0.15, 0.2) is 103 Å². The maximum absolute atomic E-state index is 4.58. The van der Waals surface area contributed by atoms with Gasteiger partial charge in [-0.05, 0) is 68.1 Å². The minimum atomic E-state index is -0.0272. The van der Waals surface area contributed by atoms with Gasteiger partial charge in [0.2, 0.25) is 0 Å². The van der Waals surface area contributed by atoms with E-state index in [1.807, 2.05) is 18.5 Å². The number of aryl methyl sites for hydroxylation is 1. The van der Waals surface area contributed by atoms with Gasteiger partial charge in [-0.3, -0.25) is 0 Å². The summed E-state index contributed by atoms with van der Waals surface area (Å²) in [5.74, 6) is 0. The summed E-state index contributed by atoms with van der Waals surface area (Å²) < 4.78 is 0. The summed E-state index contributed by atoms with van der Waals surface area (Å²) >= 11 is 0. The van der Waals surface area contributed by atoms with E-state index in [1.165, 1.54) is 49.7 Å². The predicted octanol–water partition coefficient (Wildman–Crippen LogP) is 11.5. The third-order valence-electron chi connectivity index (χ3n) is 9.24. The second-order valence-corrected chi connectivity index (χ2v) is 15.1. The molecule has 3 heteroatoms. The van der Waals surface area contributed by atoms with Gasteiger partial charge in [0.05, 0.1) is 0 Å². The van der Waals surface area contributed by atoms with E-state index >= 15 is 0 Å². The smallest absolute Gasteiger partial charge is 0.0198 e. The number of fused-ring (bicyclic) bond motifs is 5. The van der Waals surface area contributed by atoms with Gasteiger partial charge in [0.25, 0.3) is 0 Å². The number of benzene rings is 4. The Bertz CT molecular complexity index is 1970. The molecule has 0 amide bonds. The van der Waals surface area contributed by atoms with E-state index in [0.29, 0.717) is 0 Å². The van der Waals surface area contributed by atoms with Gasteiger partial charge in [0.1, 0.15) is 0 Å². The Hall–Kier alpha value is -3.91. The maximum Gasteiger partial charge on any atom is 0.0198 e. The van der Waals surface area contributed by atoms with Crippen LogP contribution in [0.3, 0.4) is 0 Å². The van der Waals surface area contributed by atoms with Crippen molar-refractivity contribution in [2.24, 2.45) is 0 Å². The van der Waals surface area contributed by atoms with E-state index < -0.39 is 0 Å². The minimum absolute atomic E-state index is 0. The van der Waals surface area contributed by atoms with E-state index in [0.717, 1.165) is 22.5 Å². The van der Waals surface area contributed by atoms with Crippen molar-refractivity contribution in [2.75, 3.05) is 0 Å². The number of aromatic nitrogens is 2. The summed E-state index contributed by atoms with van der Waals surface area (Å²) in [7, 11) is 0. The summed E-state index contributed by atoms with van der Waals surface area (Å²) in [6.07, 6.45) is 3.85. The molecule has 2 nitrogen and oxygen atoms in total. The van der Waals surface area contributed by atoms with Crippen LogP contribution in [-0.4, -0.2) is 9.97 Å². The Kier molecular flexibility index (Phi) is 9.48. The van der Waals surface area contributed by atoms with E-state index in [4.69, 9.17) is 0 Å². The molecule has 0 saturated heterocycles. The fourth-order valence-corrected chi connectivity index (χ4v) is 6.41. The Morgan fingerprint density at radius 3 is 1.98 bits per heavy atom. The van der Waals surface area contributed by atoms with Gasteiger partial charge >= 0.3 is 0 Å². The molecule has 0 bridgehead atoms. The van der Waals surface area contributed by atoms with E-state index in [1.54, 1.807) is 0 Å². The van der Waals surface area contributed by atoms with Crippen molar-refractivity contribution < 1.29 is 20.1 Å². The molecule has 1 radical (unpaired) electrons. The van der Waals surface area contributed by atoms with Crippen molar-refractivity contribution in [2.45, 2.75) is 78.6 Å². The van der Waals surface area contributed by atoms with Crippen molar-refractivity contribution in [1.82, 2.24) is 9.97 Å². The molecular weight excluding hydrogens is 749 g/mol. The van der Waals surface area contributed by atoms with Crippen LogP contribution in [0, 0.1) is 19.1 Å². The van der Waals surface area contributed by atoms with Gasteiger partial charge in [-0.15, -0.1) is 64.7 Å². The number of nitrogens with zero attached hydrogens (tertiary/aromatic N) is 2. The largest absolute Gasteiger partial charge is 0.305 e. The van der Waals surface area contributed by atoms with Gasteiger partial charge in [0.15, 0.2) is 0 Å². The third kappa shape index (κ3) is 6.89. The first-order valence-electron chi connectivity index (χ1n) is 16.2. The van der Waals surface area contributed by atoms with Crippen LogP contribution in [-0.2, 0) is 36.4 Å². The fraction of sp³-hybridized carbons (Fsp3) is 0.273. The second-order valence-electron chi connectivity index (χ2n) is 15.1. The zero-order valence-corrected chi connectivity index (χ0v) is 31.4. The van der Waals surface area contributed by atoms with E-state index in [-0.39, 0.29) is 36.4 Å². The van der Waals surface area contributed by atoms with Gasteiger partial charge < -0.3 is 9.97 Å². The summed E-state index contributed by atoms with van der Waals surface area (Å²) in [6.45, 7) is 20.0. The van der Waals surface area contributed by atoms with Crippen LogP contribution in [0.25, 0.3) is 44.4 Å². The summed E-state index contributed by atoms with van der Waals surface area (Å²) in [4.78, 5) is 9.12. The molecule has 0 atom stereocenters. The molecule has 0 unspecified atom stereocenters. The molecule has 2 aromatic heterocycles. The van der Waals surface area contributed by atoms with Gasteiger partial charge in [-0.1, -0.05) is 121 Å². The van der Waals surface area contributed by atoms with Crippen LogP contribution >= 0.6 is 0 Å². The van der Waals surface area contributed by atoms with Crippen LogP contribution in [0.2, 0.25) is 0 Å². The number of hydrogen-bond donors (Lipinski definition) is 0. The molecule has 0 spiro atoms. The molecule has 1 aliphatic carbocycles. The molecule has 6 aromatic rings. The number of rotatable bonds is 2. The number of pyridine rings is 2.